The van der Waals surface area contributed by atoms with Gasteiger partial charge in [-0.1, -0.05) is 30.7 Å². The van der Waals surface area contributed by atoms with E-state index >= 15 is 0 Å². The summed E-state index contributed by atoms with van der Waals surface area (Å²) in [7, 11) is 0. The van der Waals surface area contributed by atoms with Crippen molar-refractivity contribution in [1.82, 2.24) is 4.90 Å². The van der Waals surface area contributed by atoms with Gasteiger partial charge in [-0.15, -0.1) is 0 Å². The molecule has 0 spiro atoms. The molecule has 1 aromatic carbocycles. The lowest BCUT2D eigenvalue weighted by Crippen LogP contribution is -2.40. The monoisotopic (exact) mass is 283 g/mol. The van der Waals surface area contributed by atoms with Gasteiger partial charge in [0, 0.05) is 13.1 Å². The molecule has 19 heavy (non-hydrogen) atoms. The highest BCUT2D eigenvalue weighted by atomic mass is 35.5. The molecule has 5 heteroatoms. The quantitative estimate of drug-likeness (QED) is 0.920. The average Bonchev–Trinajstić information content (AvgIpc) is 2.84. The third kappa shape index (κ3) is 3.39. The Morgan fingerprint density at radius 2 is 2.32 bits per heavy atom. The minimum Gasteiger partial charge on any atom is -0.479 e. The molecule has 1 fully saturated rings. The van der Waals surface area contributed by atoms with Crippen molar-refractivity contribution in [3.05, 3.63) is 29.3 Å². The van der Waals surface area contributed by atoms with Crippen LogP contribution < -0.4 is 4.74 Å². The SMILES string of the molecule is CCC(Oc1ccccc1Cl)C(=O)N1CC[C@H](O)C1. The van der Waals surface area contributed by atoms with Gasteiger partial charge in [-0.3, -0.25) is 4.79 Å². The molecule has 1 aromatic rings. The van der Waals surface area contributed by atoms with Gasteiger partial charge >= 0.3 is 0 Å². The Hall–Kier alpha value is -1.26. The molecule has 1 unspecified atom stereocenters. The predicted molar refractivity (Wildman–Crippen MR) is 73.4 cm³/mol. The normalized spacial score (nSPS) is 20.4. The summed E-state index contributed by atoms with van der Waals surface area (Å²) in [5.41, 5.74) is 0. The Bertz CT molecular complexity index is 452. The molecule has 1 N–H and O–H groups in total. The highest BCUT2D eigenvalue weighted by Crippen LogP contribution is 2.25. The van der Waals surface area contributed by atoms with E-state index < -0.39 is 12.2 Å². The van der Waals surface area contributed by atoms with E-state index in [1.165, 1.54) is 0 Å². The second kappa shape index (κ2) is 6.26. The fourth-order valence-electron chi connectivity index (χ4n) is 2.15. The number of hydrogen-bond donors (Lipinski definition) is 1. The van der Waals surface area contributed by atoms with Crippen molar-refractivity contribution >= 4 is 17.5 Å². The van der Waals surface area contributed by atoms with Crippen LogP contribution in [0, 0.1) is 0 Å². The van der Waals surface area contributed by atoms with E-state index in [1.54, 1.807) is 17.0 Å². The lowest BCUT2D eigenvalue weighted by Gasteiger charge is -2.23. The minimum atomic E-state index is -0.551. The summed E-state index contributed by atoms with van der Waals surface area (Å²) in [4.78, 5) is 13.9. The molecule has 104 valence electrons. The van der Waals surface area contributed by atoms with Gasteiger partial charge < -0.3 is 14.7 Å². The zero-order chi connectivity index (χ0) is 13.8. The fourth-order valence-corrected chi connectivity index (χ4v) is 2.33. The number of carbonyl (C=O) groups excluding carboxylic acids is 1. The van der Waals surface area contributed by atoms with Crippen LogP contribution in [0.3, 0.4) is 0 Å². The van der Waals surface area contributed by atoms with Crippen LogP contribution in [-0.4, -0.2) is 41.2 Å². The van der Waals surface area contributed by atoms with E-state index in [4.69, 9.17) is 16.3 Å². The van der Waals surface area contributed by atoms with Gasteiger partial charge in [0.2, 0.25) is 0 Å². The van der Waals surface area contributed by atoms with E-state index in [2.05, 4.69) is 0 Å². The van der Waals surface area contributed by atoms with Crippen LogP contribution in [0.15, 0.2) is 24.3 Å². The summed E-state index contributed by atoms with van der Waals surface area (Å²) in [6.07, 6.45) is 0.234. The van der Waals surface area contributed by atoms with E-state index in [0.29, 0.717) is 36.7 Å². The first kappa shape index (κ1) is 14.2. The number of rotatable bonds is 4. The molecule has 1 aliphatic rings. The first-order valence-electron chi connectivity index (χ1n) is 6.50. The van der Waals surface area contributed by atoms with Gasteiger partial charge in [0.15, 0.2) is 6.10 Å². The number of β-amino-alcohol motifs (C(OH)–C–C–N with tert-alkyl or cyclic N) is 1. The Morgan fingerprint density at radius 1 is 1.58 bits per heavy atom. The number of aliphatic hydroxyl groups excluding tert-OH is 1. The largest absolute Gasteiger partial charge is 0.479 e. The molecule has 1 aliphatic heterocycles. The smallest absolute Gasteiger partial charge is 0.263 e. The van der Waals surface area contributed by atoms with Crippen molar-refractivity contribution < 1.29 is 14.6 Å². The number of amides is 1. The second-order valence-electron chi connectivity index (χ2n) is 4.67. The lowest BCUT2D eigenvalue weighted by molar-refractivity contribution is -0.138. The first-order chi connectivity index (χ1) is 9.11. The van der Waals surface area contributed by atoms with Crippen molar-refractivity contribution in [3.63, 3.8) is 0 Å². The maximum atomic E-state index is 12.3. The molecule has 1 saturated heterocycles. The highest BCUT2D eigenvalue weighted by molar-refractivity contribution is 6.32. The number of benzene rings is 1. The Morgan fingerprint density at radius 3 is 2.89 bits per heavy atom. The van der Waals surface area contributed by atoms with Gasteiger partial charge in [-0.25, -0.2) is 0 Å². The Labute approximate surface area is 117 Å². The second-order valence-corrected chi connectivity index (χ2v) is 5.08. The number of para-hydroxylation sites is 1. The molecule has 2 rings (SSSR count). The predicted octanol–water partition coefficient (Wildman–Crippen LogP) is 2.09. The average molecular weight is 284 g/mol. The Kier molecular flexibility index (Phi) is 4.66. The van der Waals surface area contributed by atoms with Crippen LogP contribution in [-0.2, 0) is 4.79 Å². The summed E-state index contributed by atoms with van der Waals surface area (Å²) in [5.74, 6) is 0.433. The summed E-state index contributed by atoms with van der Waals surface area (Å²) in [6.45, 7) is 2.87. The number of hydrogen-bond acceptors (Lipinski definition) is 3. The van der Waals surface area contributed by atoms with Crippen LogP contribution >= 0.6 is 11.6 Å². The molecule has 1 heterocycles. The van der Waals surface area contributed by atoms with E-state index in [-0.39, 0.29) is 5.91 Å². The van der Waals surface area contributed by atoms with Crippen LogP contribution in [0.5, 0.6) is 5.75 Å². The number of ether oxygens (including phenoxy) is 1. The highest BCUT2D eigenvalue weighted by Gasteiger charge is 2.30. The van der Waals surface area contributed by atoms with Crippen LogP contribution in [0.2, 0.25) is 5.02 Å². The fraction of sp³-hybridized carbons (Fsp3) is 0.500. The van der Waals surface area contributed by atoms with Crippen molar-refractivity contribution in [2.75, 3.05) is 13.1 Å². The minimum absolute atomic E-state index is 0.0843. The third-order valence-corrected chi connectivity index (χ3v) is 3.54. The summed E-state index contributed by atoms with van der Waals surface area (Å²) in [6, 6.07) is 7.11. The van der Waals surface area contributed by atoms with Crippen LogP contribution in [0.1, 0.15) is 19.8 Å². The molecular weight excluding hydrogens is 266 g/mol. The van der Waals surface area contributed by atoms with E-state index in [0.717, 1.165) is 0 Å². The number of nitrogens with zero attached hydrogens (tertiary/aromatic N) is 1. The number of halogens is 1. The molecular formula is C14H18ClNO3. The maximum absolute atomic E-state index is 12.3. The van der Waals surface area contributed by atoms with Crippen molar-refractivity contribution in [2.45, 2.75) is 32.0 Å². The zero-order valence-electron chi connectivity index (χ0n) is 10.9. The van der Waals surface area contributed by atoms with Crippen LogP contribution in [0.4, 0.5) is 0 Å². The van der Waals surface area contributed by atoms with Gasteiger partial charge in [-0.05, 0) is 25.0 Å². The summed E-state index contributed by atoms with van der Waals surface area (Å²) in [5, 5.41) is 9.98. The van der Waals surface area contributed by atoms with E-state index in [1.807, 2.05) is 19.1 Å². The van der Waals surface area contributed by atoms with Crippen molar-refractivity contribution in [1.29, 1.82) is 0 Å². The van der Waals surface area contributed by atoms with Crippen molar-refractivity contribution in [2.24, 2.45) is 0 Å². The molecule has 0 aromatic heterocycles. The van der Waals surface area contributed by atoms with Crippen molar-refractivity contribution in [3.8, 4) is 5.75 Å². The first-order valence-corrected chi connectivity index (χ1v) is 6.87. The molecule has 0 bridgehead atoms. The summed E-state index contributed by atoms with van der Waals surface area (Å²) >= 11 is 6.02. The van der Waals surface area contributed by atoms with Gasteiger partial charge in [0.25, 0.3) is 5.91 Å². The topological polar surface area (TPSA) is 49.8 Å². The van der Waals surface area contributed by atoms with Crippen LogP contribution in [0.25, 0.3) is 0 Å². The molecule has 0 saturated carbocycles. The van der Waals surface area contributed by atoms with E-state index in [9.17, 15) is 9.90 Å². The van der Waals surface area contributed by atoms with Gasteiger partial charge in [-0.2, -0.15) is 0 Å². The number of likely N-dealkylation sites (tertiary alicyclic amines) is 1. The summed E-state index contributed by atoms with van der Waals surface area (Å²) < 4.78 is 5.70. The zero-order valence-corrected chi connectivity index (χ0v) is 11.6. The maximum Gasteiger partial charge on any atom is 0.263 e. The standard InChI is InChI=1S/C14H18ClNO3/c1-2-12(14(18)16-8-7-10(17)9-16)19-13-6-4-3-5-11(13)15/h3-6,10,12,17H,2,7-9H2,1H3/t10-,12?/m0/s1. The molecule has 0 radical (unpaired) electrons. The Balaban J connectivity index is 2.04. The molecule has 0 aliphatic carbocycles. The van der Waals surface area contributed by atoms with Gasteiger partial charge in [0.05, 0.1) is 11.1 Å². The van der Waals surface area contributed by atoms with Gasteiger partial charge in [0.1, 0.15) is 5.75 Å². The number of carbonyl (C=O) groups is 1. The third-order valence-electron chi connectivity index (χ3n) is 3.23. The molecule has 2 atom stereocenters. The molecule has 4 nitrogen and oxygen atoms in total. The lowest BCUT2D eigenvalue weighted by atomic mass is 10.2. The number of aliphatic hydroxyl groups is 1. The molecule has 1 amide bonds.